The Balaban J connectivity index is 0.721. The molecule has 0 amide bonds. The van der Waals surface area contributed by atoms with Gasteiger partial charge in [-0.2, -0.15) is 24.9 Å². The molecule has 9 aromatic rings. The standard InChI is InChI=1S/C76H111N24O39P5S3/c1-10-37-38(21-44(129-37)98-31-86-46-63(98)91-72(81)93-65(46)102)135-142(111,145)127-28-42-50(55(121-18-13-116-7)71(134-42)100-33-87-47-64(100)92-73(82)94-66(47)103)137-140(107,108)124-26-40-49(54(120-17-12-115-6)70(133-40)99-32-85-45-61(80)83-30-84-62(45)99)136-141(109,110)125-27-41-51(56(122-19-14-117-8)68(131-41)96-23-35(3)59(78)89-75(96)105)138-144(113,147)128-29-43-52(57(123-20-15-118-9)69(132-43)97-24-36(4)60(79)90-76(97)106)139-143(112,146)126-25-39-48(101)53(119-16-11-114-5)67(130-39)95-22-34(2)58(77)88-74(95)104/h22-24,30-33,37-44,48-57,67-71,101H,10-21,25-29H2,1-9H3,(H,107,108)(H,109,110)(H,111,145)(H,112,146)(H,113,147)(H2,77,88,104)(H2,78,89,105)(H2,79,90,106)(H2,80,83,84)(H3,81,91,93,102)(H3,82,92,94,103)/t37-,38-,39-,40-,41-,42-,43-,44-,48+,49+,50+,51+,52+,53?,54?,55?,56?,57?,67-,68-,69-,70-,71-,142?,143?,144?/m1/s1. The number of aliphatic hydroxyl groups is 1. The van der Waals surface area contributed by atoms with Crippen LogP contribution in [0.5, 0.6) is 0 Å². The molecule has 6 saturated heterocycles. The van der Waals surface area contributed by atoms with E-state index in [9.17, 15) is 53.5 Å². The second kappa shape index (κ2) is 48.4. The molecule has 20 N–H and O–H groups in total. The van der Waals surface area contributed by atoms with Crippen molar-refractivity contribution in [2.45, 2.75) is 182 Å². The Morgan fingerprint density at radius 3 is 1.10 bits per heavy atom. The van der Waals surface area contributed by atoms with Crippen LogP contribution in [0.15, 0.2) is 67.9 Å². The molecule has 71 heteroatoms. The van der Waals surface area contributed by atoms with Gasteiger partial charge in [-0.25, -0.2) is 48.4 Å². The number of hydrogen-bond donors (Lipinski definition) is 14. The quantitative estimate of drug-likeness (QED) is 0.0143. The Hall–Kier alpha value is -8.18. The first kappa shape index (κ1) is 113. The smallest absolute Gasteiger partial charge is 0.387 e. The number of rotatable bonds is 52. The van der Waals surface area contributed by atoms with Gasteiger partial charge in [-0.3, -0.25) is 74.1 Å². The number of methoxy groups -OCH3 is 5. The molecule has 0 radical (unpaired) electrons. The molecule has 812 valence electrons. The Labute approximate surface area is 846 Å². The lowest BCUT2D eigenvalue weighted by Gasteiger charge is -2.30. The van der Waals surface area contributed by atoms with Crippen molar-refractivity contribution in [3.05, 3.63) is 113 Å². The molecule has 0 spiro atoms. The predicted molar refractivity (Wildman–Crippen MR) is 514 cm³/mol. The highest BCUT2D eigenvalue weighted by molar-refractivity contribution is 8.07. The summed E-state index contributed by atoms with van der Waals surface area (Å²) >= 11 is 17.1. The number of nitrogen functional groups attached to an aromatic ring is 6. The number of aromatic amines is 2. The second-order valence-corrected chi connectivity index (χ2v) is 44.8. The zero-order valence-electron chi connectivity index (χ0n) is 79.6. The number of nitrogens with zero attached hydrogens (tertiary/aromatic N) is 16. The number of aryl methyl sites for hydroxylation is 3. The molecule has 6 fully saturated rings. The van der Waals surface area contributed by atoms with Crippen molar-refractivity contribution in [1.82, 2.24) is 87.2 Å². The first-order chi connectivity index (χ1) is 70.0. The van der Waals surface area contributed by atoms with Crippen LogP contribution in [-0.4, -0.2) is 355 Å². The van der Waals surface area contributed by atoms with Gasteiger partial charge < -0.3 is 158 Å². The van der Waals surface area contributed by atoms with Crippen molar-refractivity contribution in [2.75, 3.05) is 169 Å². The van der Waals surface area contributed by atoms with Gasteiger partial charge in [0.05, 0.1) is 130 Å². The molecule has 0 aliphatic carbocycles. The number of phosphoric acid groups is 2. The lowest BCUT2D eigenvalue weighted by atomic mass is 10.1. The van der Waals surface area contributed by atoms with Crippen LogP contribution in [0.25, 0.3) is 33.5 Å². The van der Waals surface area contributed by atoms with E-state index in [0.29, 0.717) is 5.56 Å². The van der Waals surface area contributed by atoms with Gasteiger partial charge in [0.25, 0.3) is 11.1 Å². The number of ether oxygens (including phenoxy) is 16. The van der Waals surface area contributed by atoms with Crippen LogP contribution in [0.4, 0.5) is 35.2 Å². The predicted octanol–water partition coefficient (Wildman–Crippen LogP) is -2.15. The first-order valence-electron chi connectivity index (χ1n) is 44.8. The maximum Gasteiger partial charge on any atom is 0.472 e. The van der Waals surface area contributed by atoms with Crippen LogP contribution in [0, 0.1) is 20.8 Å². The molecule has 15 rings (SSSR count). The zero-order valence-corrected chi connectivity index (χ0v) is 86.5. The summed E-state index contributed by atoms with van der Waals surface area (Å²) in [5.74, 6) is -1.19. The van der Waals surface area contributed by atoms with E-state index >= 15 is 9.13 Å². The van der Waals surface area contributed by atoms with E-state index in [4.69, 9.17) is 191 Å². The van der Waals surface area contributed by atoms with Crippen molar-refractivity contribution in [1.29, 1.82) is 0 Å². The zero-order chi connectivity index (χ0) is 106. The summed E-state index contributed by atoms with van der Waals surface area (Å²) in [6.45, 7) is -15.1. The summed E-state index contributed by atoms with van der Waals surface area (Å²) in [4.78, 5) is 176. The Morgan fingerprint density at radius 1 is 0.381 bits per heavy atom. The van der Waals surface area contributed by atoms with E-state index in [1.54, 1.807) is 13.8 Å². The molecule has 15 heterocycles. The van der Waals surface area contributed by atoms with E-state index < -0.39 is 238 Å². The summed E-state index contributed by atoms with van der Waals surface area (Å²) in [7, 11) is -4.99. The van der Waals surface area contributed by atoms with Crippen LogP contribution in [-0.2, 0) is 166 Å². The highest BCUT2D eigenvalue weighted by atomic mass is 32.5. The van der Waals surface area contributed by atoms with Gasteiger partial charge in [0.15, 0.2) is 64.9 Å². The monoisotopic (exact) mass is 2230 g/mol. The lowest BCUT2D eigenvalue weighted by Crippen LogP contribution is -2.41. The van der Waals surface area contributed by atoms with Crippen LogP contribution >= 0.6 is 35.8 Å². The highest BCUT2D eigenvalue weighted by Gasteiger charge is 2.59. The normalized spacial score (nSPS) is 29.0. The molecule has 63 nitrogen and oxygen atoms in total. The minimum absolute atomic E-state index is 0.00391. The molecular formula is C76H111N24O39P5S3. The Bertz CT molecular complexity index is 6700. The van der Waals surface area contributed by atoms with Gasteiger partial charge in [0.2, 0.25) is 11.9 Å². The van der Waals surface area contributed by atoms with Gasteiger partial charge in [0, 0.05) is 77.3 Å². The fraction of sp³-hybridized carbons (Fsp3) is 0.645. The summed E-state index contributed by atoms with van der Waals surface area (Å²) < 4.78 is 195. The molecule has 6 aliphatic rings. The van der Waals surface area contributed by atoms with E-state index in [1.165, 1.54) is 94.3 Å². The molecule has 6 aliphatic heterocycles. The third kappa shape index (κ3) is 26.3. The number of H-pyrrole nitrogens is 2. The molecule has 9 aromatic heterocycles. The molecule has 28 atom stereocenters. The maximum atomic E-state index is 15.5. The largest absolute Gasteiger partial charge is 0.472 e. The van der Waals surface area contributed by atoms with E-state index in [1.807, 2.05) is 0 Å². The third-order valence-electron chi connectivity index (χ3n) is 23.8. The van der Waals surface area contributed by atoms with Crippen LogP contribution < -0.4 is 62.6 Å². The van der Waals surface area contributed by atoms with Gasteiger partial charge in [0.1, 0.15) is 127 Å². The first-order valence-corrected chi connectivity index (χ1v) is 55.6. The van der Waals surface area contributed by atoms with E-state index in [0.717, 1.165) is 26.4 Å². The molecule has 0 saturated carbocycles. The summed E-state index contributed by atoms with van der Waals surface area (Å²) in [5, 5.41) is 11.8. The summed E-state index contributed by atoms with van der Waals surface area (Å²) in [6, 6.07) is 0. The number of anilines is 6. The fourth-order valence-electron chi connectivity index (χ4n) is 16.8. The summed E-state index contributed by atoms with van der Waals surface area (Å²) in [6.07, 6.45) is -27.9. The number of imidazole rings is 3. The third-order valence-corrected chi connectivity index (χ3v) is 30.5. The number of aromatic nitrogens is 18. The number of nitrogens with two attached hydrogens (primary N) is 6. The second-order valence-electron chi connectivity index (χ2n) is 33.6. The average Bonchev–Trinajstić information content (AvgIpc) is 1.60. The van der Waals surface area contributed by atoms with Gasteiger partial charge in [-0.05, 0) is 62.6 Å². The van der Waals surface area contributed by atoms with Crippen molar-refractivity contribution in [2.24, 2.45) is 0 Å². The number of hydrogen-bond acceptors (Lipinski definition) is 53. The molecule has 0 aromatic carbocycles. The maximum absolute atomic E-state index is 15.5. The van der Waals surface area contributed by atoms with E-state index in [-0.39, 0.29) is 159 Å². The van der Waals surface area contributed by atoms with Crippen molar-refractivity contribution in [3.8, 4) is 0 Å². The SMILES string of the molecule is CC[C@H]1O[C@@H](n2cnc3c(=O)[nH]c(N)nc32)C[C@H]1OP(O)(=S)OC[C@H]1O[C@@H](n2cnc3c(=O)[nH]c(N)nc32)C(OCCOC)[C@H]1OP(=O)(O)OC[C@H]1O[C@@H](n2cnc3c(N)ncnc32)C(OCCOC)[C@H]1OP(=O)(O)OC[C@H]1O[C@@H](n2cc(C)c(N)nc2=O)C(OCCOC)[C@H]1OP(O)(=S)OC[C@H]1O[C@@H](n2cc(C)c(N)nc2=O)C(OCCOC)[C@H]1OP(O)(=S)OC[C@H]1O[C@@H](n2cc(C)c(N)nc2=O)C(OCCOC)[C@H]1O. The van der Waals surface area contributed by atoms with E-state index in [2.05, 4.69) is 59.8 Å². The number of phosphoric ester groups is 2. The van der Waals surface area contributed by atoms with Crippen molar-refractivity contribution >= 4 is 140 Å². The fourth-order valence-corrected chi connectivity index (χ4v) is 23.1. The minimum atomic E-state index is -5.91. The minimum Gasteiger partial charge on any atom is -0.387 e. The van der Waals surface area contributed by atoms with Crippen LogP contribution in [0.1, 0.15) is 73.8 Å². The van der Waals surface area contributed by atoms with Gasteiger partial charge in [-0.15, -0.1) is 0 Å². The lowest BCUT2D eigenvalue weighted by molar-refractivity contribution is -0.0843. The van der Waals surface area contributed by atoms with Crippen LogP contribution in [0.2, 0.25) is 0 Å². The Morgan fingerprint density at radius 2 is 0.707 bits per heavy atom. The molecular weight excluding hydrogens is 2120 g/mol. The van der Waals surface area contributed by atoms with Crippen molar-refractivity contribution in [3.63, 3.8) is 0 Å². The average molecular weight is 2240 g/mol. The number of nitrogens with one attached hydrogen (secondary N) is 2. The number of fused-ring (bicyclic) bond motifs is 3. The summed E-state index contributed by atoms with van der Waals surface area (Å²) in [5.41, 5.74) is 32.4. The van der Waals surface area contributed by atoms with Gasteiger partial charge in [-0.1, -0.05) is 6.92 Å². The molecule has 10 unspecified atom stereocenters. The molecule has 0 bridgehead atoms. The van der Waals surface area contributed by atoms with Gasteiger partial charge >= 0.3 is 52.9 Å². The number of aliphatic hydroxyl groups excluding tert-OH is 1. The Kier molecular flexibility index (Phi) is 37.2. The topological polar surface area (TPSA) is 827 Å². The van der Waals surface area contributed by atoms with Crippen molar-refractivity contribution < 1.29 is 160 Å². The molecule has 147 heavy (non-hydrogen) atoms. The highest BCUT2D eigenvalue weighted by Crippen LogP contribution is 2.58. The van der Waals surface area contributed by atoms with Crippen LogP contribution in [0.3, 0.4) is 0 Å².